The molecule has 7 heteroatoms. The first-order valence-corrected chi connectivity index (χ1v) is 9.92. The summed E-state index contributed by atoms with van der Waals surface area (Å²) in [5.41, 5.74) is 0.484. The van der Waals surface area contributed by atoms with E-state index in [2.05, 4.69) is 10.6 Å². The number of rotatable bonds is 12. The van der Waals surface area contributed by atoms with Gasteiger partial charge in [-0.15, -0.1) is 0 Å². The molecule has 1 aromatic heterocycles. The van der Waals surface area contributed by atoms with Crippen LogP contribution in [0, 0.1) is 5.92 Å². The zero-order chi connectivity index (χ0) is 21.1. The van der Waals surface area contributed by atoms with Crippen molar-refractivity contribution in [2.24, 2.45) is 5.92 Å². The molecular weight excluding hydrogens is 372 g/mol. The highest BCUT2D eigenvalue weighted by molar-refractivity contribution is 5.97. The molecule has 2 N–H and O–H groups in total. The van der Waals surface area contributed by atoms with Crippen molar-refractivity contribution in [3.63, 3.8) is 0 Å². The molecule has 1 aromatic carbocycles. The maximum Gasteiger partial charge on any atom is 0.251 e. The SMILES string of the molecule is CCOc1ccc(C(=O)N[C@H](C(=O)NCCCOCc2ccco2)C(C)C)cc1. The van der Waals surface area contributed by atoms with Crippen LogP contribution in [0.2, 0.25) is 0 Å². The maximum absolute atomic E-state index is 12.5. The summed E-state index contributed by atoms with van der Waals surface area (Å²) in [5, 5.41) is 5.68. The highest BCUT2D eigenvalue weighted by atomic mass is 16.5. The van der Waals surface area contributed by atoms with Crippen molar-refractivity contribution in [3.8, 4) is 5.75 Å². The van der Waals surface area contributed by atoms with Crippen LogP contribution >= 0.6 is 0 Å². The molecule has 0 saturated heterocycles. The third-order valence-corrected chi connectivity index (χ3v) is 4.25. The van der Waals surface area contributed by atoms with E-state index < -0.39 is 6.04 Å². The summed E-state index contributed by atoms with van der Waals surface area (Å²) in [7, 11) is 0. The number of amides is 2. The van der Waals surface area contributed by atoms with Gasteiger partial charge in [0.25, 0.3) is 5.91 Å². The first kappa shape index (κ1) is 22.5. The summed E-state index contributed by atoms with van der Waals surface area (Å²) in [6.07, 6.45) is 2.27. The van der Waals surface area contributed by atoms with E-state index in [0.717, 1.165) is 5.76 Å². The van der Waals surface area contributed by atoms with Gasteiger partial charge in [-0.3, -0.25) is 9.59 Å². The van der Waals surface area contributed by atoms with E-state index in [1.165, 1.54) is 0 Å². The zero-order valence-electron chi connectivity index (χ0n) is 17.3. The van der Waals surface area contributed by atoms with Gasteiger partial charge < -0.3 is 24.5 Å². The van der Waals surface area contributed by atoms with Gasteiger partial charge in [-0.05, 0) is 55.7 Å². The second kappa shape index (κ2) is 11.9. The summed E-state index contributed by atoms with van der Waals surface area (Å²) in [5.74, 6) is 0.938. The van der Waals surface area contributed by atoms with Gasteiger partial charge in [0.05, 0.1) is 12.9 Å². The molecule has 1 heterocycles. The van der Waals surface area contributed by atoms with Gasteiger partial charge in [0.15, 0.2) is 0 Å². The van der Waals surface area contributed by atoms with Crippen LogP contribution in [0.15, 0.2) is 47.1 Å². The molecule has 0 fully saturated rings. The van der Waals surface area contributed by atoms with E-state index >= 15 is 0 Å². The molecular formula is C22H30N2O5. The average Bonchev–Trinajstić information content (AvgIpc) is 3.22. The van der Waals surface area contributed by atoms with Crippen LogP contribution in [0.3, 0.4) is 0 Å². The Morgan fingerprint density at radius 2 is 1.90 bits per heavy atom. The minimum absolute atomic E-state index is 0.0446. The fourth-order valence-corrected chi connectivity index (χ4v) is 2.69. The molecule has 2 rings (SSSR count). The van der Waals surface area contributed by atoms with Crippen LogP contribution in [0.4, 0.5) is 0 Å². The van der Waals surface area contributed by atoms with Gasteiger partial charge in [0.2, 0.25) is 5.91 Å². The lowest BCUT2D eigenvalue weighted by atomic mass is 10.0. The summed E-state index contributed by atoms with van der Waals surface area (Å²) in [4.78, 5) is 25.0. The molecule has 2 amide bonds. The lowest BCUT2D eigenvalue weighted by Crippen LogP contribution is -2.50. The van der Waals surface area contributed by atoms with Crippen molar-refractivity contribution in [2.75, 3.05) is 19.8 Å². The third-order valence-electron chi connectivity index (χ3n) is 4.25. The Labute approximate surface area is 171 Å². The Morgan fingerprint density at radius 1 is 1.14 bits per heavy atom. The topological polar surface area (TPSA) is 89.8 Å². The summed E-state index contributed by atoms with van der Waals surface area (Å²) < 4.78 is 16.1. The van der Waals surface area contributed by atoms with Crippen molar-refractivity contribution in [1.82, 2.24) is 10.6 Å². The summed E-state index contributed by atoms with van der Waals surface area (Å²) in [6, 6.07) is 9.90. The van der Waals surface area contributed by atoms with Crippen LogP contribution in [-0.4, -0.2) is 37.6 Å². The van der Waals surface area contributed by atoms with Gasteiger partial charge in [0, 0.05) is 18.7 Å². The van der Waals surface area contributed by atoms with Crippen LogP contribution in [-0.2, 0) is 16.1 Å². The molecule has 7 nitrogen and oxygen atoms in total. The predicted molar refractivity (Wildman–Crippen MR) is 110 cm³/mol. The molecule has 2 aromatic rings. The molecule has 0 unspecified atom stereocenters. The lowest BCUT2D eigenvalue weighted by Gasteiger charge is -2.22. The first-order valence-electron chi connectivity index (χ1n) is 9.92. The standard InChI is InChI=1S/C22H30N2O5/c1-4-28-18-10-8-17(9-11-18)21(25)24-20(16(2)3)22(26)23-12-6-13-27-15-19-7-5-14-29-19/h5,7-11,14,16,20H,4,6,12-13,15H2,1-3H3,(H,23,26)(H,24,25)/t20-/m0/s1. The van der Waals surface area contributed by atoms with E-state index in [1.54, 1.807) is 30.5 Å². The molecule has 0 aliphatic rings. The second-order valence-electron chi connectivity index (χ2n) is 6.93. The molecule has 158 valence electrons. The maximum atomic E-state index is 12.5. The fourth-order valence-electron chi connectivity index (χ4n) is 2.69. The van der Waals surface area contributed by atoms with Crippen LogP contribution < -0.4 is 15.4 Å². The highest BCUT2D eigenvalue weighted by Crippen LogP contribution is 2.13. The minimum Gasteiger partial charge on any atom is -0.494 e. The highest BCUT2D eigenvalue weighted by Gasteiger charge is 2.24. The first-order chi connectivity index (χ1) is 14.0. The number of nitrogens with one attached hydrogen (secondary N) is 2. The second-order valence-corrected chi connectivity index (χ2v) is 6.93. The Morgan fingerprint density at radius 3 is 2.52 bits per heavy atom. The molecule has 0 aliphatic carbocycles. The van der Waals surface area contributed by atoms with E-state index in [-0.39, 0.29) is 17.7 Å². The van der Waals surface area contributed by atoms with Gasteiger partial charge >= 0.3 is 0 Å². The Bertz CT molecular complexity index is 741. The Balaban J connectivity index is 1.75. The number of ether oxygens (including phenoxy) is 2. The van der Waals surface area contributed by atoms with Crippen LogP contribution in [0.5, 0.6) is 5.75 Å². The number of carbonyl (C=O) groups excluding carboxylic acids is 2. The monoisotopic (exact) mass is 402 g/mol. The van der Waals surface area contributed by atoms with E-state index in [9.17, 15) is 9.59 Å². The van der Waals surface area contributed by atoms with Crippen molar-refractivity contribution in [2.45, 2.75) is 39.8 Å². The number of hydrogen-bond donors (Lipinski definition) is 2. The van der Waals surface area contributed by atoms with E-state index in [4.69, 9.17) is 13.9 Å². The van der Waals surface area contributed by atoms with Crippen LogP contribution in [0.1, 0.15) is 43.3 Å². The molecule has 0 saturated carbocycles. The zero-order valence-corrected chi connectivity index (χ0v) is 17.3. The van der Waals surface area contributed by atoms with E-state index in [1.807, 2.05) is 32.9 Å². The minimum atomic E-state index is -0.613. The number of furan rings is 1. The molecule has 0 bridgehead atoms. The lowest BCUT2D eigenvalue weighted by molar-refractivity contribution is -0.124. The fraction of sp³-hybridized carbons (Fsp3) is 0.455. The quantitative estimate of drug-likeness (QED) is 0.532. The number of hydrogen-bond acceptors (Lipinski definition) is 5. The molecule has 0 radical (unpaired) electrons. The van der Waals surface area contributed by atoms with Crippen molar-refractivity contribution >= 4 is 11.8 Å². The predicted octanol–water partition coefficient (Wildman–Crippen LogP) is 3.16. The van der Waals surface area contributed by atoms with Gasteiger partial charge in [-0.1, -0.05) is 13.8 Å². The largest absolute Gasteiger partial charge is 0.494 e. The molecule has 0 spiro atoms. The Hall–Kier alpha value is -2.80. The average molecular weight is 402 g/mol. The summed E-state index contributed by atoms with van der Waals surface area (Å²) >= 11 is 0. The van der Waals surface area contributed by atoms with Gasteiger partial charge in [-0.2, -0.15) is 0 Å². The van der Waals surface area contributed by atoms with Crippen molar-refractivity contribution in [3.05, 3.63) is 54.0 Å². The van der Waals surface area contributed by atoms with Gasteiger partial charge in [0.1, 0.15) is 24.2 Å². The van der Waals surface area contributed by atoms with Crippen molar-refractivity contribution < 1.29 is 23.5 Å². The third kappa shape index (κ3) is 7.62. The smallest absolute Gasteiger partial charge is 0.251 e. The number of benzene rings is 1. The van der Waals surface area contributed by atoms with Crippen molar-refractivity contribution in [1.29, 1.82) is 0 Å². The van der Waals surface area contributed by atoms with Crippen LogP contribution in [0.25, 0.3) is 0 Å². The van der Waals surface area contributed by atoms with E-state index in [0.29, 0.717) is 44.1 Å². The Kier molecular flexibility index (Phi) is 9.24. The molecule has 29 heavy (non-hydrogen) atoms. The van der Waals surface area contributed by atoms with Gasteiger partial charge in [-0.25, -0.2) is 0 Å². The normalized spacial score (nSPS) is 11.9. The number of carbonyl (C=O) groups is 2. The molecule has 0 aliphatic heterocycles. The molecule has 1 atom stereocenters. The summed E-state index contributed by atoms with van der Waals surface area (Å²) in [6.45, 7) is 7.65.